The molecule has 1 aromatic rings. The molecule has 15 heavy (non-hydrogen) atoms. The topological polar surface area (TPSA) is 26.3 Å². The maximum atomic E-state index is 12.6. The van der Waals surface area contributed by atoms with Gasteiger partial charge in [0.2, 0.25) is 0 Å². The number of carbonyl (C=O) groups is 1. The second-order valence-electron chi connectivity index (χ2n) is 3.40. The molecule has 1 aromatic carbocycles. The highest BCUT2D eigenvalue weighted by atomic mass is 32.2. The van der Waals surface area contributed by atoms with E-state index >= 15 is 0 Å². The summed E-state index contributed by atoms with van der Waals surface area (Å²) in [6.45, 7) is 1.47. The third kappa shape index (κ3) is 2.79. The summed E-state index contributed by atoms with van der Waals surface area (Å²) in [6, 6.07) is 5.67. The number of rotatable bonds is 4. The minimum absolute atomic E-state index is 0.0481. The minimum atomic E-state index is -0.313. The van der Waals surface area contributed by atoms with E-state index in [9.17, 15) is 9.18 Å². The molecule has 0 saturated carbocycles. The molecule has 0 atom stereocenters. The number of thioether (sulfide) groups is 1. The zero-order valence-corrected chi connectivity index (χ0v) is 8.93. The van der Waals surface area contributed by atoms with Gasteiger partial charge in [-0.05, 0) is 24.3 Å². The number of carbonyl (C=O) groups excluding carboxylic acids is 1. The Morgan fingerprint density at radius 2 is 2.07 bits per heavy atom. The summed E-state index contributed by atoms with van der Waals surface area (Å²) >= 11 is 1.60. The minimum Gasteiger partial charge on any atom is -0.379 e. The van der Waals surface area contributed by atoms with Gasteiger partial charge in [-0.25, -0.2) is 4.39 Å². The van der Waals surface area contributed by atoms with Crippen molar-refractivity contribution in [3.8, 4) is 0 Å². The Morgan fingerprint density at radius 3 is 2.60 bits per heavy atom. The zero-order valence-electron chi connectivity index (χ0n) is 8.11. The summed E-state index contributed by atoms with van der Waals surface area (Å²) in [5.74, 6) is 0.179. The van der Waals surface area contributed by atoms with Crippen molar-refractivity contribution in [2.24, 2.45) is 0 Å². The second kappa shape index (κ2) is 4.77. The first-order valence-electron chi connectivity index (χ1n) is 4.74. The highest BCUT2D eigenvalue weighted by Gasteiger charge is 2.20. The average Bonchev–Trinajstić information content (AvgIpc) is 2.16. The van der Waals surface area contributed by atoms with Gasteiger partial charge < -0.3 is 4.74 Å². The predicted octanol–water partition coefficient (Wildman–Crippen LogP) is 2.14. The molecule has 0 radical (unpaired) electrons. The SMILES string of the molecule is O=C(CSC1COC1)c1ccc(F)cc1. The Kier molecular flexibility index (Phi) is 3.38. The number of ketones is 1. The zero-order chi connectivity index (χ0) is 10.7. The van der Waals surface area contributed by atoms with Crippen LogP contribution in [0.4, 0.5) is 4.39 Å². The summed E-state index contributed by atoms with van der Waals surface area (Å²) in [7, 11) is 0. The molecule has 0 unspecified atom stereocenters. The van der Waals surface area contributed by atoms with E-state index in [1.54, 1.807) is 11.8 Å². The second-order valence-corrected chi connectivity index (χ2v) is 4.69. The number of hydrogen-bond donors (Lipinski definition) is 0. The van der Waals surface area contributed by atoms with Crippen LogP contribution in [-0.4, -0.2) is 30.0 Å². The van der Waals surface area contributed by atoms with Gasteiger partial charge in [0.1, 0.15) is 5.82 Å². The fraction of sp³-hybridized carbons (Fsp3) is 0.364. The summed E-state index contributed by atoms with van der Waals surface area (Å²) in [5.41, 5.74) is 0.573. The fourth-order valence-electron chi connectivity index (χ4n) is 1.22. The van der Waals surface area contributed by atoms with Crippen LogP contribution in [0.1, 0.15) is 10.4 Å². The molecule has 80 valence electrons. The van der Waals surface area contributed by atoms with Gasteiger partial charge in [0.15, 0.2) is 5.78 Å². The summed E-state index contributed by atoms with van der Waals surface area (Å²) < 4.78 is 17.6. The molecule has 0 N–H and O–H groups in total. The van der Waals surface area contributed by atoms with E-state index in [0.717, 1.165) is 13.2 Å². The molecule has 2 nitrogen and oxygen atoms in total. The fourth-order valence-corrected chi connectivity index (χ4v) is 2.16. The third-order valence-electron chi connectivity index (χ3n) is 2.22. The Labute approximate surface area is 91.8 Å². The predicted molar refractivity (Wildman–Crippen MR) is 57.8 cm³/mol. The molecule has 1 heterocycles. The van der Waals surface area contributed by atoms with Crippen molar-refractivity contribution in [1.82, 2.24) is 0 Å². The molecule has 0 aliphatic carbocycles. The molecule has 2 rings (SSSR count). The molecule has 1 fully saturated rings. The van der Waals surface area contributed by atoms with Crippen molar-refractivity contribution in [1.29, 1.82) is 0 Å². The number of hydrogen-bond acceptors (Lipinski definition) is 3. The van der Waals surface area contributed by atoms with Crippen LogP contribution in [0.3, 0.4) is 0 Å². The number of ether oxygens (including phenoxy) is 1. The highest BCUT2D eigenvalue weighted by molar-refractivity contribution is 8.00. The summed E-state index contributed by atoms with van der Waals surface area (Å²) in [5, 5.41) is 0.453. The lowest BCUT2D eigenvalue weighted by atomic mass is 10.1. The van der Waals surface area contributed by atoms with Gasteiger partial charge in [-0.15, -0.1) is 11.8 Å². The molecular formula is C11H11FO2S. The smallest absolute Gasteiger partial charge is 0.172 e. The van der Waals surface area contributed by atoms with Crippen LogP contribution in [0.25, 0.3) is 0 Å². The number of halogens is 1. The van der Waals surface area contributed by atoms with Crippen LogP contribution < -0.4 is 0 Å². The first-order valence-corrected chi connectivity index (χ1v) is 5.79. The molecule has 1 aliphatic heterocycles. The van der Waals surface area contributed by atoms with Crippen molar-refractivity contribution in [3.05, 3.63) is 35.6 Å². The quantitative estimate of drug-likeness (QED) is 0.736. The number of Topliss-reactive ketones (excluding diaryl/α,β-unsaturated/α-hetero) is 1. The molecular weight excluding hydrogens is 215 g/mol. The van der Waals surface area contributed by atoms with Crippen LogP contribution in [0.5, 0.6) is 0 Å². The van der Waals surface area contributed by atoms with E-state index in [1.165, 1.54) is 24.3 Å². The van der Waals surface area contributed by atoms with Crippen molar-refractivity contribution in [2.45, 2.75) is 5.25 Å². The van der Waals surface area contributed by atoms with Crippen LogP contribution in [0.2, 0.25) is 0 Å². The van der Waals surface area contributed by atoms with Crippen molar-refractivity contribution in [3.63, 3.8) is 0 Å². The molecule has 0 amide bonds. The standard InChI is InChI=1S/C11H11FO2S/c12-9-3-1-8(2-4-9)11(13)7-15-10-5-14-6-10/h1-4,10H,5-7H2. The lowest BCUT2D eigenvalue weighted by molar-refractivity contribution is 0.0455. The van der Waals surface area contributed by atoms with E-state index in [0.29, 0.717) is 16.6 Å². The van der Waals surface area contributed by atoms with Crippen molar-refractivity contribution < 1.29 is 13.9 Å². The first kappa shape index (κ1) is 10.6. The van der Waals surface area contributed by atoms with Crippen molar-refractivity contribution in [2.75, 3.05) is 19.0 Å². The molecule has 0 aromatic heterocycles. The Balaban J connectivity index is 1.86. The third-order valence-corrected chi connectivity index (χ3v) is 3.40. The highest BCUT2D eigenvalue weighted by Crippen LogP contribution is 2.20. The first-order chi connectivity index (χ1) is 7.25. The van der Waals surface area contributed by atoms with E-state index in [-0.39, 0.29) is 11.6 Å². The molecule has 0 bridgehead atoms. The molecule has 0 spiro atoms. The molecule has 1 saturated heterocycles. The van der Waals surface area contributed by atoms with Crippen molar-refractivity contribution >= 4 is 17.5 Å². The van der Waals surface area contributed by atoms with E-state index in [2.05, 4.69) is 0 Å². The van der Waals surface area contributed by atoms with Crippen LogP contribution in [-0.2, 0) is 4.74 Å². The van der Waals surface area contributed by atoms with Crippen LogP contribution in [0, 0.1) is 5.82 Å². The lowest BCUT2D eigenvalue weighted by Gasteiger charge is -2.24. The Bertz CT molecular complexity index is 346. The van der Waals surface area contributed by atoms with E-state index in [1.807, 2.05) is 0 Å². The summed E-state index contributed by atoms with van der Waals surface area (Å²) in [4.78, 5) is 11.6. The molecule has 4 heteroatoms. The largest absolute Gasteiger partial charge is 0.379 e. The normalized spacial score (nSPS) is 16.1. The monoisotopic (exact) mass is 226 g/mol. The van der Waals surface area contributed by atoms with Gasteiger partial charge in [-0.1, -0.05) is 0 Å². The van der Waals surface area contributed by atoms with Crippen LogP contribution in [0.15, 0.2) is 24.3 Å². The number of benzene rings is 1. The maximum absolute atomic E-state index is 12.6. The van der Waals surface area contributed by atoms with Gasteiger partial charge in [-0.3, -0.25) is 4.79 Å². The van der Waals surface area contributed by atoms with Gasteiger partial charge in [0.05, 0.1) is 24.2 Å². The van der Waals surface area contributed by atoms with Gasteiger partial charge in [-0.2, -0.15) is 0 Å². The van der Waals surface area contributed by atoms with Gasteiger partial charge >= 0.3 is 0 Å². The Hall–Kier alpha value is -0.870. The maximum Gasteiger partial charge on any atom is 0.172 e. The van der Waals surface area contributed by atoms with E-state index < -0.39 is 0 Å². The van der Waals surface area contributed by atoms with Gasteiger partial charge in [0.25, 0.3) is 0 Å². The summed E-state index contributed by atoms with van der Waals surface area (Å²) in [6.07, 6.45) is 0. The Morgan fingerprint density at radius 1 is 1.40 bits per heavy atom. The molecule has 1 aliphatic rings. The van der Waals surface area contributed by atoms with Gasteiger partial charge in [0, 0.05) is 5.56 Å². The van der Waals surface area contributed by atoms with Crippen LogP contribution >= 0.6 is 11.8 Å². The van der Waals surface area contributed by atoms with E-state index in [4.69, 9.17) is 4.74 Å². The average molecular weight is 226 g/mol. The lowest BCUT2D eigenvalue weighted by Crippen LogP contribution is -2.31.